The molecule has 17 heavy (non-hydrogen) atoms. The Morgan fingerprint density at radius 3 is 2.12 bits per heavy atom. The molecule has 1 atom stereocenters. The molecule has 0 amide bonds. The van der Waals surface area contributed by atoms with Crippen LogP contribution < -0.4 is 0 Å². The summed E-state index contributed by atoms with van der Waals surface area (Å²) < 4.78 is 72.8. The molecule has 96 valence electrons. The normalized spacial score (nSPS) is 14.8. The number of aliphatic hydroxyl groups is 1. The van der Waals surface area contributed by atoms with E-state index in [4.69, 9.17) is 5.11 Å². The summed E-state index contributed by atoms with van der Waals surface area (Å²) in [5.41, 5.74) is -2.43. The molecule has 1 aromatic rings. The van der Waals surface area contributed by atoms with Crippen LogP contribution >= 0.6 is 15.9 Å². The number of rotatable bonds is 1. The van der Waals surface area contributed by atoms with Crippen molar-refractivity contribution in [3.05, 3.63) is 28.0 Å². The van der Waals surface area contributed by atoms with Crippen LogP contribution in [0.5, 0.6) is 0 Å². The molecule has 0 aliphatic carbocycles. The van der Waals surface area contributed by atoms with Gasteiger partial charge in [-0.15, -0.1) is 0 Å². The number of alkyl halides is 6. The van der Waals surface area contributed by atoms with E-state index in [1.807, 2.05) is 0 Å². The van der Waals surface area contributed by atoms with Gasteiger partial charge in [-0.3, -0.25) is 4.98 Å². The van der Waals surface area contributed by atoms with E-state index < -0.39 is 29.7 Å². The topological polar surface area (TPSA) is 33.1 Å². The molecule has 1 aromatic heterocycles. The van der Waals surface area contributed by atoms with Crippen LogP contribution in [0.3, 0.4) is 0 Å². The second-order valence-corrected chi connectivity index (χ2v) is 3.89. The molecule has 1 N–H and O–H groups in total. The number of halogens is 7. The summed E-state index contributed by atoms with van der Waals surface area (Å²) in [5, 5.41) is 8.88. The lowest BCUT2D eigenvalue weighted by molar-refractivity contribution is -0.207. The summed E-state index contributed by atoms with van der Waals surface area (Å²) in [6.45, 7) is 0. The number of hydrogen-bond acceptors (Lipinski definition) is 2. The quantitative estimate of drug-likeness (QED) is 0.803. The van der Waals surface area contributed by atoms with Crippen molar-refractivity contribution in [3.63, 3.8) is 0 Å². The molecule has 0 bridgehead atoms. The van der Waals surface area contributed by atoms with Gasteiger partial charge in [0.25, 0.3) is 0 Å². The minimum absolute atomic E-state index is 0.155. The second-order valence-electron chi connectivity index (χ2n) is 3.03. The molecule has 9 heteroatoms. The highest BCUT2D eigenvalue weighted by Gasteiger charge is 2.42. The molecule has 0 aliphatic rings. The highest BCUT2D eigenvalue weighted by molar-refractivity contribution is 9.10. The number of aliphatic hydroxyl groups excluding tert-OH is 1. The van der Waals surface area contributed by atoms with Crippen LogP contribution in [-0.4, -0.2) is 16.3 Å². The van der Waals surface area contributed by atoms with Crippen molar-refractivity contribution >= 4 is 15.9 Å². The zero-order valence-corrected chi connectivity index (χ0v) is 9.36. The Labute approximate surface area is 99.4 Å². The maximum absolute atomic E-state index is 12.2. The van der Waals surface area contributed by atoms with Crippen molar-refractivity contribution in [2.45, 2.75) is 18.5 Å². The number of nitrogens with zero attached hydrogens (tertiary/aromatic N) is 1. The summed E-state index contributed by atoms with van der Waals surface area (Å²) in [5.74, 6) is 0. The summed E-state index contributed by atoms with van der Waals surface area (Å²) in [6, 6.07) is 0.155. The zero-order chi connectivity index (χ0) is 13.4. The lowest BCUT2D eigenvalue weighted by Crippen LogP contribution is -2.21. The Balaban J connectivity index is 3.25. The molecular formula is C8H4BrF6NO. The van der Waals surface area contributed by atoms with Gasteiger partial charge in [-0.1, -0.05) is 0 Å². The predicted molar refractivity (Wildman–Crippen MR) is 48.0 cm³/mol. The van der Waals surface area contributed by atoms with Crippen LogP contribution in [-0.2, 0) is 6.18 Å². The van der Waals surface area contributed by atoms with Crippen LogP contribution in [0.4, 0.5) is 26.3 Å². The van der Waals surface area contributed by atoms with Crippen molar-refractivity contribution in [1.29, 1.82) is 0 Å². The molecule has 0 aromatic carbocycles. The Hall–Kier alpha value is -0.830. The molecular weight excluding hydrogens is 320 g/mol. The molecule has 2 nitrogen and oxygen atoms in total. The van der Waals surface area contributed by atoms with Gasteiger partial charge in [-0.2, -0.15) is 26.3 Å². The van der Waals surface area contributed by atoms with Gasteiger partial charge in [0.15, 0.2) is 6.10 Å². The zero-order valence-electron chi connectivity index (χ0n) is 7.77. The minimum atomic E-state index is -5.05. The smallest absolute Gasteiger partial charge is 0.379 e. The van der Waals surface area contributed by atoms with Crippen molar-refractivity contribution in [2.24, 2.45) is 0 Å². The third-order valence-electron chi connectivity index (χ3n) is 1.78. The average Bonchev–Trinajstić information content (AvgIpc) is 2.14. The molecule has 0 saturated carbocycles. The van der Waals surface area contributed by atoms with Gasteiger partial charge >= 0.3 is 12.4 Å². The van der Waals surface area contributed by atoms with Gasteiger partial charge in [-0.25, -0.2) is 0 Å². The third-order valence-corrected chi connectivity index (χ3v) is 2.44. The Kier molecular flexibility index (Phi) is 3.72. The molecule has 0 radical (unpaired) electrons. The Morgan fingerprint density at radius 2 is 1.71 bits per heavy atom. The standard InChI is InChI=1S/C8H4BrF6NO/c9-4-2-16-5(7(10,11)12)1-3(4)6(17)8(13,14)15/h1-2,6,17H. The van der Waals surface area contributed by atoms with Crippen molar-refractivity contribution in [2.75, 3.05) is 0 Å². The number of aromatic nitrogens is 1. The third kappa shape index (κ3) is 3.32. The van der Waals surface area contributed by atoms with Crippen LogP contribution in [0.2, 0.25) is 0 Å². The maximum atomic E-state index is 12.2. The molecule has 0 saturated heterocycles. The monoisotopic (exact) mass is 323 g/mol. The number of hydrogen-bond donors (Lipinski definition) is 1. The SMILES string of the molecule is OC(c1cc(C(F)(F)F)ncc1Br)C(F)(F)F. The largest absolute Gasteiger partial charge is 0.433 e. The lowest BCUT2D eigenvalue weighted by Gasteiger charge is -2.17. The number of pyridine rings is 1. The minimum Gasteiger partial charge on any atom is -0.379 e. The first-order valence-electron chi connectivity index (χ1n) is 4.01. The summed E-state index contributed by atoms with van der Waals surface area (Å²) >= 11 is 2.60. The fourth-order valence-corrected chi connectivity index (χ4v) is 1.43. The fourth-order valence-electron chi connectivity index (χ4n) is 0.995. The average molecular weight is 324 g/mol. The predicted octanol–water partition coefficient (Wildman–Crippen LogP) is 3.46. The van der Waals surface area contributed by atoms with E-state index in [0.717, 1.165) is 0 Å². The molecule has 1 unspecified atom stereocenters. The summed E-state index contributed by atoms with van der Waals surface area (Å²) in [4.78, 5) is 2.92. The molecule has 0 aliphatic heterocycles. The first kappa shape index (κ1) is 14.2. The molecule has 1 rings (SSSR count). The summed E-state index contributed by atoms with van der Waals surface area (Å²) in [6.07, 6.45) is -12.4. The lowest BCUT2D eigenvalue weighted by atomic mass is 10.1. The van der Waals surface area contributed by atoms with E-state index in [1.165, 1.54) is 0 Å². The van der Waals surface area contributed by atoms with Crippen molar-refractivity contribution in [1.82, 2.24) is 4.98 Å². The van der Waals surface area contributed by atoms with Gasteiger partial charge in [-0.05, 0) is 22.0 Å². The van der Waals surface area contributed by atoms with Crippen molar-refractivity contribution in [3.8, 4) is 0 Å². The van der Waals surface area contributed by atoms with Gasteiger partial charge < -0.3 is 5.11 Å². The van der Waals surface area contributed by atoms with E-state index in [2.05, 4.69) is 20.9 Å². The maximum Gasteiger partial charge on any atom is 0.433 e. The molecule has 0 spiro atoms. The first-order valence-corrected chi connectivity index (χ1v) is 4.80. The van der Waals surface area contributed by atoms with Crippen LogP contribution in [0.15, 0.2) is 16.7 Å². The molecule has 1 heterocycles. The fraction of sp³-hybridized carbons (Fsp3) is 0.375. The van der Waals surface area contributed by atoms with Gasteiger partial charge in [0.1, 0.15) is 5.69 Å². The van der Waals surface area contributed by atoms with Crippen LogP contribution in [0.25, 0.3) is 0 Å². The summed E-state index contributed by atoms with van der Waals surface area (Å²) in [7, 11) is 0. The van der Waals surface area contributed by atoms with E-state index in [1.54, 1.807) is 0 Å². The molecule has 0 fully saturated rings. The van der Waals surface area contributed by atoms with E-state index in [-0.39, 0.29) is 10.5 Å². The van der Waals surface area contributed by atoms with Crippen LogP contribution in [0.1, 0.15) is 17.4 Å². The van der Waals surface area contributed by atoms with Crippen LogP contribution in [0, 0.1) is 0 Å². The van der Waals surface area contributed by atoms with Gasteiger partial charge in [0, 0.05) is 16.2 Å². The Morgan fingerprint density at radius 1 is 1.18 bits per heavy atom. The van der Waals surface area contributed by atoms with E-state index in [9.17, 15) is 26.3 Å². The first-order chi connectivity index (χ1) is 7.53. The Bertz CT molecular complexity index is 415. The van der Waals surface area contributed by atoms with Crippen molar-refractivity contribution < 1.29 is 31.4 Å². The van der Waals surface area contributed by atoms with Gasteiger partial charge in [0.2, 0.25) is 0 Å². The highest BCUT2D eigenvalue weighted by atomic mass is 79.9. The second kappa shape index (κ2) is 4.45. The van der Waals surface area contributed by atoms with Gasteiger partial charge in [0.05, 0.1) is 0 Å². The van der Waals surface area contributed by atoms with E-state index >= 15 is 0 Å². The highest BCUT2D eigenvalue weighted by Crippen LogP contribution is 2.38. The van der Waals surface area contributed by atoms with E-state index in [0.29, 0.717) is 6.20 Å².